The lowest BCUT2D eigenvalue weighted by atomic mass is 10.0. The first-order valence-corrected chi connectivity index (χ1v) is 8.73. The third-order valence-corrected chi connectivity index (χ3v) is 4.12. The maximum absolute atomic E-state index is 11.9. The van der Waals surface area contributed by atoms with Gasteiger partial charge < -0.3 is 14.9 Å². The number of carboxylic acid groups (broad SMARTS) is 1. The predicted molar refractivity (Wildman–Crippen MR) is 96.5 cm³/mol. The molecule has 0 aliphatic heterocycles. The number of hydrogen-bond acceptors (Lipinski definition) is 5. The Bertz CT molecular complexity index is 750. The SMILES string of the molecule is CC(C)c1ccc(-c2noc(CCC(=O)N[C@@H](C(=O)O)C(C)C)n2)cc1. The lowest BCUT2D eigenvalue weighted by Gasteiger charge is -2.17. The van der Waals surface area contributed by atoms with Gasteiger partial charge in [0.2, 0.25) is 17.6 Å². The second-order valence-corrected chi connectivity index (χ2v) is 6.92. The molecule has 1 atom stereocenters. The molecule has 0 saturated carbocycles. The molecule has 0 aliphatic rings. The van der Waals surface area contributed by atoms with E-state index in [2.05, 4.69) is 29.3 Å². The number of hydrogen-bond donors (Lipinski definition) is 2. The van der Waals surface area contributed by atoms with Crippen molar-refractivity contribution in [2.75, 3.05) is 0 Å². The van der Waals surface area contributed by atoms with Gasteiger partial charge in [0.05, 0.1) is 0 Å². The number of aliphatic carboxylic acids is 1. The van der Waals surface area contributed by atoms with Crippen LogP contribution >= 0.6 is 0 Å². The number of carbonyl (C=O) groups is 2. The van der Waals surface area contributed by atoms with Crippen LogP contribution in [0.5, 0.6) is 0 Å². The smallest absolute Gasteiger partial charge is 0.326 e. The molecule has 1 aromatic carbocycles. The third kappa shape index (κ3) is 5.15. The Morgan fingerprint density at radius 1 is 1.15 bits per heavy atom. The number of benzene rings is 1. The van der Waals surface area contributed by atoms with Gasteiger partial charge in [0, 0.05) is 18.4 Å². The molecule has 0 spiro atoms. The van der Waals surface area contributed by atoms with Crippen molar-refractivity contribution in [1.82, 2.24) is 15.5 Å². The molecule has 1 amide bonds. The van der Waals surface area contributed by atoms with Crippen LogP contribution in [0.4, 0.5) is 0 Å². The van der Waals surface area contributed by atoms with Crippen LogP contribution in [0.3, 0.4) is 0 Å². The van der Waals surface area contributed by atoms with Gasteiger partial charge in [-0.3, -0.25) is 4.79 Å². The second kappa shape index (κ2) is 8.60. The Kier molecular flexibility index (Phi) is 6.49. The zero-order chi connectivity index (χ0) is 19.3. The molecule has 0 fully saturated rings. The molecule has 0 saturated heterocycles. The van der Waals surface area contributed by atoms with E-state index in [9.17, 15) is 9.59 Å². The maximum atomic E-state index is 11.9. The van der Waals surface area contributed by atoms with Crippen molar-refractivity contribution < 1.29 is 19.2 Å². The van der Waals surface area contributed by atoms with Crippen LogP contribution in [0.2, 0.25) is 0 Å². The molecule has 1 heterocycles. The van der Waals surface area contributed by atoms with E-state index < -0.39 is 12.0 Å². The number of rotatable bonds is 8. The number of aryl methyl sites for hydroxylation is 1. The molecule has 140 valence electrons. The Morgan fingerprint density at radius 2 is 1.81 bits per heavy atom. The van der Waals surface area contributed by atoms with Crippen molar-refractivity contribution in [3.8, 4) is 11.4 Å². The summed E-state index contributed by atoms with van der Waals surface area (Å²) in [6.07, 6.45) is 0.345. The van der Waals surface area contributed by atoms with Crippen molar-refractivity contribution in [2.24, 2.45) is 5.92 Å². The Labute approximate surface area is 152 Å². The molecule has 2 aromatic rings. The normalized spacial score (nSPS) is 12.4. The highest BCUT2D eigenvalue weighted by molar-refractivity contribution is 5.83. The van der Waals surface area contributed by atoms with Crippen LogP contribution in [-0.2, 0) is 16.0 Å². The van der Waals surface area contributed by atoms with E-state index in [1.807, 2.05) is 24.3 Å². The van der Waals surface area contributed by atoms with Gasteiger partial charge in [0.1, 0.15) is 6.04 Å². The highest BCUT2D eigenvalue weighted by Gasteiger charge is 2.23. The molecular weight excluding hydrogens is 334 g/mol. The fourth-order valence-electron chi connectivity index (χ4n) is 2.47. The van der Waals surface area contributed by atoms with E-state index in [1.54, 1.807) is 13.8 Å². The number of amides is 1. The summed E-state index contributed by atoms with van der Waals surface area (Å²) in [5.41, 5.74) is 2.08. The summed E-state index contributed by atoms with van der Waals surface area (Å²) in [6.45, 7) is 7.74. The number of aromatic nitrogens is 2. The van der Waals surface area contributed by atoms with Gasteiger partial charge in [0.25, 0.3) is 0 Å². The summed E-state index contributed by atoms with van der Waals surface area (Å²) in [7, 11) is 0. The number of carbonyl (C=O) groups excluding carboxylic acids is 1. The minimum atomic E-state index is -1.04. The number of nitrogens with zero attached hydrogens (tertiary/aromatic N) is 2. The van der Waals surface area contributed by atoms with Gasteiger partial charge in [-0.25, -0.2) is 4.79 Å². The van der Waals surface area contributed by atoms with Crippen molar-refractivity contribution in [3.63, 3.8) is 0 Å². The van der Waals surface area contributed by atoms with Gasteiger partial charge in [-0.2, -0.15) is 4.98 Å². The quantitative estimate of drug-likeness (QED) is 0.750. The Balaban J connectivity index is 1.94. The molecule has 1 aromatic heterocycles. The summed E-state index contributed by atoms with van der Waals surface area (Å²) in [5, 5.41) is 15.6. The number of nitrogens with one attached hydrogen (secondary N) is 1. The van der Waals surface area contributed by atoms with Gasteiger partial charge in [-0.15, -0.1) is 0 Å². The van der Waals surface area contributed by atoms with Crippen LogP contribution in [0, 0.1) is 5.92 Å². The Morgan fingerprint density at radius 3 is 2.35 bits per heavy atom. The van der Waals surface area contributed by atoms with Crippen molar-refractivity contribution in [1.29, 1.82) is 0 Å². The fourth-order valence-corrected chi connectivity index (χ4v) is 2.47. The molecule has 2 rings (SSSR count). The van der Waals surface area contributed by atoms with Gasteiger partial charge >= 0.3 is 5.97 Å². The van der Waals surface area contributed by atoms with Crippen LogP contribution in [-0.4, -0.2) is 33.2 Å². The van der Waals surface area contributed by atoms with E-state index in [4.69, 9.17) is 9.63 Å². The van der Waals surface area contributed by atoms with Crippen LogP contribution in [0.1, 0.15) is 51.5 Å². The largest absolute Gasteiger partial charge is 0.480 e. The minimum absolute atomic E-state index is 0.0877. The van der Waals surface area contributed by atoms with Crippen molar-refractivity contribution in [3.05, 3.63) is 35.7 Å². The van der Waals surface area contributed by atoms with E-state index in [1.165, 1.54) is 5.56 Å². The minimum Gasteiger partial charge on any atom is -0.480 e. The predicted octanol–water partition coefficient (Wildman–Crippen LogP) is 3.02. The summed E-state index contributed by atoms with van der Waals surface area (Å²) in [6, 6.07) is 7.04. The number of carboxylic acids is 1. The molecular formula is C19H25N3O4. The maximum Gasteiger partial charge on any atom is 0.326 e. The van der Waals surface area contributed by atoms with Crippen molar-refractivity contribution >= 4 is 11.9 Å². The van der Waals surface area contributed by atoms with Gasteiger partial charge in [-0.1, -0.05) is 57.1 Å². The van der Waals surface area contributed by atoms with Gasteiger partial charge in [0.15, 0.2) is 0 Å². The van der Waals surface area contributed by atoms with Crippen LogP contribution in [0.25, 0.3) is 11.4 Å². The van der Waals surface area contributed by atoms with E-state index in [0.717, 1.165) is 5.56 Å². The molecule has 7 heteroatoms. The molecule has 0 unspecified atom stereocenters. The average Bonchev–Trinajstić information content (AvgIpc) is 3.06. The summed E-state index contributed by atoms with van der Waals surface area (Å²) in [5.74, 6) is -0.324. The summed E-state index contributed by atoms with van der Waals surface area (Å²) < 4.78 is 5.19. The molecule has 0 bridgehead atoms. The zero-order valence-electron chi connectivity index (χ0n) is 15.5. The molecule has 0 radical (unpaired) electrons. The van der Waals surface area contributed by atoms with Crippen LogP contribution in [0.15, 0.2) is 28.8 Å². The standard InChI is InChI=1S/C19H25N3O4/c1-11(2)13-5-7-14(8-6-13)18-21-16(26-22-18)10-9-15(23)20-17(12(3)4)19(24)25/h5-8,11-12,17H,9-10H2,1-4H3,(H,20,23)(H,24,25)/t17-/m1/s1. The molecule has 7 nitrogen and oxygen atoms in total. The molecule has 26 heavy (non-hydrogen) atoms. The van der Waals surface area contributed by atoms with Gasteiger partial charge in [-0.05, 0) is 17.4 Å². The first-order chi connectivity index (χ1) is 12.3. The highest BCUT2D eigenvalue weighted by Crippen LogP contribution is 2.20. The average molecular weight is 359 g/mol. The van der Waals surface area contributed by atoms with E-state index >= 15 is 0 Å². The van der Waals surface area contributed by atoms with E-state index in [0.29, 0.717) is 17.6 Å². The summed E-state index contributed by atoms with van der Waals surface area (Å²) >= 11 is 0. The summed E-state index contributed by atoms with van der Waals surface area (Å²) in [4.78, 5) is 27.4. The zero-order valence-corrected chi connectivity index (χ0v) is 15.5. The lowest BCUT2D eigenvalue weighted by molar-refractivity contribution is -0.143. The topological polar surface area (TPSA) is 105 Å². The monoisotopic (exact) mass is 359 g/mol. The van der Waals surface area contributed by atoms with E-state index in [-0.39, 0.29) is 24.7 Å². The van der Waals surface area contributed by atoms with Crippen molar-refractivity contribution in [2.45, 2.75) is 52.5 Å². The third-order valence-electron chi connectivity index (χ3n) is 4.12. The molecule has 2 N–H and O–H groups in total. The van der Waals surface area contributed by atoms with Crippen LogP contribution < -0.4 is 5.32 Å². The highest BCUT2D eigenvalue weighted by atomic mass is 16.5. The second-order valence-electron chi connectivity index (χ2n) is 6.92. The Hall–Kier alpha value is -2.70. The lowest BCUT2D eigenvalue weighted by Crippen LogP contribution is -2.44. The molecule has 0 aliphatic carbocycles. The fraction of sp³-hybridized carbons (Fsp3) is 0.474. The first-order valence-electron chi connectivity index (χ1n) is 8.73. The first kappa shape index (κ1) is 19.6.